The fraction of sp³-hybridized carbons (Fsp3) is 0.571. The Morgan fingerprint density at radius 1 is 1.19 bits per heavy atom. The van der Waals surface area contributed by atoms with Crippen molar-refractivity contribution in [3.05, 3.63) is 35.4 Å². The van der Waals surface area contributed by atoms with Gasteiger partial charge in [0.15, 0.2) is 0 Å². The molecule has 0 aromatic heterocycles. The van der Waals surface area contributed by atoms with E-state index in [-0.39, 0.29) is 6.10 Å². The average Bonchev–Trinajstić information content (AvgIpc) is 2.31. The Morgan fingerprint density at radius 2 is 1.88 bits per heavy atom. The Kier molecular flexibility index (Phi) is 6.12. The van der Waals surface area contributed by atoms with E-state index in [1.165, 1.54) is 24.0 Å². The molecule has 2 nitrogen and oxygen atoms in total. The molecule has 0 aliphatic heterocycles. The minimum atomic E-state index is 0.0532. The number of aryl methyl sites for hydroxylation is 1. The second kappa shape index (κ2) is 7.42. The summed E-state index contributed by atoms with van der Waals surface area (Å²) in [5.74, 6) is 0. The molecule has 0 saturated carbocycles. The predicted octanol–water partition coefficient (Wildman–Crippen LogP) is 3.20. The predicted molar refractivity (Wildman–Crippen MR) is 68.5 cm³/mol. The van der Waals surface area contributed by atoms with Gasteiger partial charge < -0.3 is 10.5 Å². The SMILES string of the molecule is CCCCCOC(CN)c1ccc(C)cc1. The van der Waals surface area contributed by atoms with Crippen molar-refractivity contribution in [3.63, 3.8) is 0 Å². The summed E-state index contributed by atoms with van der Waals surface area (Å²) in [5.41, 5.74) is 8.19. The number of nitrogens with two attached hydrogens (primary N) is 1. The fourth-order valence-electron chi connectivity index (χ4n) is 1.66. The molecule has 16 heavy (non-hydrogen) atoms. The van der Waals surface area contributed by atoms with E-state index < -0.39 is 0 Å². The fourth-order valence-corrected chi connectivity index (χ4v) is 1.66. The van der Waals surface area contributed by atoms with Gasteiger partial charge in [-0.2, -0.15) is 0 Å². The first-order valence-corrected chi connectivity index (χ1v) is 6.16. The molecule has 1 unspecified atom stereocenters. The van der Waals surface area contributed by atoms with Crippen LogP contribution in [0.25, 0.3) is 0 Å². The summed E-state index contributed by atoms with van der Waals surface area (Å²) in [6.45, 7) is 5.64. The Morgan fingerprint density at radius 3 is 2.44 bits per heavy atom. The summed E-state index contributed by atoms with van der Waals surface area (Å²) in [7, 11) is 0. The summed E-state index contributed by atoms with van der Waals surface area (Å²) in [5, 5.41) is 0. The van der Waals surface area contributed by atoms with E-state index in [4.69, 9.17) is 10.5 Å². The van der Waals surface area contributed by atoms with Crippen LogP contribution in [0.2, 0.25) is 0 Å². The number of unbranched alkanes of at least 4 members (excludes halogenated alkanes) is 2. The maximum absolute atomic E-state index is 5.79. The molecule has 2 heteroatoms. The van der Waals surface area contributed by atoms with Crippen LogP contribution < -0.4 is 5.73 Å². The number of hydrogen-bond donors (Lipinski definition) is 1. The molecule has 2 N–H and O–H groups in total. The van der Waals surface area contributed by atoms with Gasteiger partial charge in [0.05, 0.1) is 6.10 Å². The largest absolute Gasteiger partial charge is 0.372 e. The van der Waals surface area contributed by atoms with Crippen LogP contribution in [-0.4, -0.2) is 13.2 Å². The summed E-state index contributed by atoms with van der Waals surface area (Å²) < 4.78 is 5.79. The van der Waals surface area contributed by atoms with Crippen molar-refractivity contribution in [2.24, 2.45) is 5.73 Å². The van der Waals surface area contributed by atoms with E-state index >= 15 is 0 Å². The van der Waals surface area contributed by atoms with E-state index in [0.717, 1.165) is 13.0 Å². The summed E-state index contributed by atoms with van der Waals surface area (Å²) in [4.78, 5) is 0. The minimum absolute atomic E-state index is 0.0532. The van der Waals surface area contributed by atoms with E-state index in [1.54, 1.807) is 0 Å². The molecule has 0 radical (unpaired) electrons. The molecular weight excluding hydrogens is 198 g/mol. The molecule has 1 atom stereocenters. The Balaban J connectivity index is 2.44. The van der Waals surface area contributed by atoms with Crippen LogP contribution in [-0.2, 0) is 4.74 Å². The molecular formula is C14H23NO. The maximum Gasteiger partial charge on any atom is 0.0947 e. The topological polar surface area (TPSA) is 35.2 Å². The standard InChI is InChI=1S/C14H23NO/c1-3-4-5-10-16-14(11-15)13-8-6-12(2)7-9-13/h6-9,14H,3-5,10-11,15H2,1-2H3. The highest BCUT2D eigenvalue weighted by Gasteiger charge is 2.08. The summed E-state index contributed by atoms with van der Waals surface area (Å²) >= 11 is 0. The van der Waals surface area contributed by atoms with Gasteiger partial charge in [-0.1, -0.05) is 49.6 Å². The van der Waals surface area contributed by atoms with Crippen LogP contribution in [0.1, 0.15) is 43.4 Å². The van der Waals surface area contributed by atoms with Crippen LogP contribution in [0.15, 0.2) is 24.3 Å². The molecule has 90 valence electrons. The van der Waals surface area contributed by atoms with Crippen LogP contribution in [0.5, 0.6) is 0 Å². The zero-order valence-corrected chi connectivity index (χ0v) is 10.4. The van der Waals surface area contributed by atoms with Gasteiger partial charge in [0.25, 0.3) is 0 Å². The third-order valence-corrected chi connectivity index (χ3v) is 2.73. The Labute approximate surface area is 98.8 Å². The molecule has 0 aliphatic carbocycles. The lowest BCUT2D eigenvalue weighted by Crippen LogP contribution is -2.16. The van der Waals surface area contributed by atoms with Crippen LogP contribution in [0.4, 0.5) is 0 Å². The number of benzene rings is 1. The summed E-state index contributed by atoms with van der Waals surface area (Å²) in [6, 6.07) is 8.42. The second-order valence-electron chi connectivity index (χ2n) is 4.21. The maximum atomic E-state index is 5.79. The van der Waals surface area contributed by atoms with Crippen molar-refractivity contribution in [2.75, 3.05) is 13.2 Å². The van der Waals surface area contributed by atoms with Crippen LogP contribution >= 0.6 is 0 Å². The molecule has 0 aliphatic rings. The highest BCUT2D eigenvalue weighted by Crippen LogP contribution is 2.17. The highest BCUT2D eigenvalue weighted by molar-refractivity contribution is 5.23. The lowest BCUT2D eigenvalue weighted by Gasteiger charge is -2.16. The molecule has 0 bridgehead atoms. The Hall–Kier alpha value is -0.860. The number of hydrogen-bond acceptors (Lipinski definition) is 2. The first kappa shape index (κ1) is 13.2. The molecule has 0 spiro atoms. The van der Waals surface area contributed by atoms with Gasteiger partial charge in [0, 0.05) is 13.2 Å². The lowest BCUT2D eigenvalue weighted by atomic mass is 10.1. The van der Waals surface area contributed by atoms with Gasteiger partial charge in [0.2, 0.25) is 0 Å². The highest BCUT2D eigenvalue weighted by atomic mass is 16.5. The molecule has 1 aromatic carbocycles. The van der Waals surface area contributed by atoms with Gasteiger partial charge in [0.1, 0.15) is 0 Å². The average molecular weight is 221 g/mol. The quantitative estimate of drug-likeness (QED) is 0.718. The van der Waals surface area contributed by atoms with E-state index in [1.807, 2.05) is 0 Å². The van der Waals surface area contributed by atoms with E-state index in [0.29, 0.717) is 6.54 Å². The molecule has 0 saturated heterocycles. The van der Waals surface area contributed by atoms with Crippen molar-refractivity contribution in [2.45, 2.75) is 39.2 Å². The van der Waals surface area contributed by atoms with Crippen molar-refractivity contribution in [1.29, 1.82) is 0 Å². The van der Waals surface area contributed by atoms with E-state index in [2.05, 4.69) is 38.1 Å². The molecule has 1 rings (SSSR count). The van der Waals surface area contributed by atoms with E-state index in [9.17, 15) is 0 Å². The second-order valence-corrected chi connectivity index (χ2v) is 4.21. The Bertz CT molecular complexity index is 281. The van der Waals surface area contributed by atoms with Crippen molar-refractivity contribution in [1.82, 2.24) is 0 Å². The van der Waals surface area contributed by atoms with Crippen LogP contribution in [0.3, 0.4) is 0 Å². The van der Waals surface area contributed by atoms with Gasteiger partial charge in [-0.3, -0.25) is 0 Å². The molecule has 1 aromatic rings. The lowest BCUT2D eigenvalue weighted by molar-refractivity contribution is 0.0560. The van der Waals surface area contributed by atoms with Crippen LogP contribution in [0, 0.1) is 6.92 Å². The normalized spacial score (nSPS) is 12.7. The number of ether oxygens (including phenoxy) is 1. The first-order valence-electron chi connectivity index (χ1n) is 6.16. The number of rotatable bonds is 7. The smallest absolute Gasteiger partial charge is 0.0947 e. The zero-order valence-electron chi connectivity index (χ0n) is 10.4. The zero-order chi connectivity index (χ0) is 11.8. The van der Waals surface area contributed by atoms with Gasteiger partial charge >= 0.3 is 0 Å². The van der Waals surface area contributed by atoms with Crippen molar-refractivity contribution in [3.8, 4) is 0 Å². The molecule has 0 fully saturated rings. The first-order chi connectivity index (χ1) is 7.77. The molecule has 0 heterocycles. The van der Waals surface area contributed by atoms with Crippen molar-refractivity contribution < 1.29 is 4.74 Å². The monoisotopic (exact) mass is 221 g/mol. The minimum Gasteiger partial charge on any atom is -0.372 e. The summed E-state index contributed by atoms with van der Waals surface area (Å²) in [6.07, 6.45) is 3.63. The van der Waals surface area contributed by atoms with Crippen molar-refractivity contribution >= 4 is 0 Å². The third-order valence-electron chi connectivity index (χ3n) is 2.73. The third kappa shape index (κ3) is 4.33. The molecule has 0 amide bonds. The van der Waals surface area contributed by atoms with Gasteiger partial charge in [-0.15, -0.1) is 0 Å². The van der Waals surface area contributed by atoms with Gasteiger partial charge in [-0.05, 0) is 18.9 Å². The van der Waals surface area contributed by atoms with Gasteiger partial charge in [-0.25, -0.2) is 0 Å².